The second-order valence-corrected chi connectivity index (χ2v) is 4.42. The Bertz CT molecular complexity index is 686. The van der Waals surface area contributed by atoms with Crippen LogP contribution in [0.25, 0.3) is 0 Å². The van der Waals surface area contributed by atoms with Gasteiger partial charge in [-0.2, -0.15) is 0 Å². The van der Waals surface area contributed by atoms with Crippen molar-refractivity contribution in [1.82, 2.24) is 0 Å². The highest BCUT2D eigenvalue weighted by molar-refractivity contribution is 6.06. The Morgan fingerprint density at radius 3 is 2.27 bits per heavy atom. The molecule has 0 aliphatic heterocycles. The molecule has 0 aliphatic carbocycles. The summed E-state index contributed by atoms with van der Waals surface area (Å²) in [4.78, 5) is 23.4. The summed E-state index contributed by atoms with van der Waals surface area (Å²) in [5.74, 6) is -0.0334. The molecule has 0 radical (unpaired) electrons. The van der Waals surface area contributed by atoms with Gasteiger partial charge in [0.15, 0.2) is 0 Å². The molecular weight excluding hydrogens is 282 g/mol. The van der Waals surface area contributed by atoms with Crippen LogP contribution in [0.1, 0.15) is 17.3 Å². The second-order valence-electron chi connectivity index (χ2n) is 4.42. The minimum atomic E-state index is -0.606. The first-order valence-corrected chi connectivity index (χ1v) is 6.80. The molecule has 2 aromatic carbocycles. The van der Waals surface area contributed by atoms with E-state index >= 15 is 0 Å². The van der Waals surface area contributed by atoms with Gasteiger partial charge < -0.3 is 21.1 Å². The molecule has 0 unspecified atom stereocenters. The predicted octanol–water partition coefficient (Wildman–Crippen LogP) is 2.83. The summed E-state index contributed by atoms with van der Waals surface area (Å²) in [6, 6.07) is 13.1. The van der Waals surface area contributed by atoms with Crippen molar-refractivity contribution in [3.63, 3.8) is 0 Å². The number of amides is 3. The summed E-state index contributed by atoms with van der Waals surface area (Å²) in [5.41, 5.74) is 6.41. The van der Waals surface area contributed by atoms with E-state index in [4.69, 9.17) is 10.5 Å². The van der Waals surface area contributed by atoms with Crippen molar-refractivity contribution in [1.29, 1.82) is 0 Å². The average molecular weight is 299 g/mol. The van der Waals surface area contributed by atoms with Crippen LogP contribution in [-0.2, 0) is 0 Å². The van der Waals surface area contributed by atoms with E-state index in [9.17, 15) is 9.59 Å². The molecule has 0 saturated carbocycles. The molecule has 6 heteroatoms. The van der Waals surface area contributed by atoms with Crippen molar-refractivity contribution >= 4 is 23.3 Å². The zero-order valence-electron chi connectivity index (χ0n) is 12.1. The van der Waals surface area contributed by atoms with Crippen molar-refractivity contribution in [3.8, 4) is 5.75 Å². The van der Waals surface area contributed by atoms with Crippen LogP contribution >= 0.6 is 0 Å². The molecule has 0 heterocycles. The number of hydrogen-bond acceptors (Lipinski definition) is 3. The van der Waals surface area contributed by atoms with Gasteiger partial charge in [0.05, 0.1) is 23.5 Å². The normalized spacial score (nSPS) is 9.86. The molecule has 22 heavy (non-hydrogen) atoms. The van der Waals surface area contributed by atoms with Crippen LogP contribution in [0.2, 0.25) is 0 Å². The predicted molar refractivity (Wildman–Crippen MR) is 85.2 cm³/mol. The van der Waals surface area contributed by atoms with E-state index in [1.165, 1.54) is 0 Å². The number of para-hydroxylation sites is 3. The summed E-state index contributed by atoms with van der Waals surface area (Å²) in [6.45, 7) is 2.35. The molecule has 0 aromatic heterocycles. The first-order chi connectivity index (χ1) is 10.6. The fraction of sp³-hybridized carbons (Fsp3) is 0.125. The maximum atomic E-state index is 12.1. The van der Waals surface area contributed by atoms with Gasteiger partial charge in [-0.25, -0.2) is 4.79 Å². The molecule has 0 spiro atoms. The Hall–Kier alpha value is -3.02. The van der Waals surface area contributed by atoms with Crippen LogP contribution < -0.4 is 21.1 Å². The minimum absolute atomic E-state index is 0.246. The number of carbonyl (C=O) groups is 2. The van der Waals surface area contributed by atoms with Gasteiger partial charge in [0.25, 0.3) is 5.91 Å². The van der Waals surface area contributed by atoms with E-state index in [1.807, 2.05) is 13.0 Å². The first-order valence-electron chi connectivity index (χ1n) is 6.80. The lowest BCUT2D eigenvalue weighted by Crippen LogP contribution is -2.22. The topological polar surface area (TPSA) is 93.4 Å². The molecule has 0 aliphatic rings. The van der Waals surface area contributed by atoms with E-state index in [0.29, 0.717) is 23.7 Å². The van der Waals surface area contributed by atoms with Crippen molar-refractivity contribution in [2.24, 2.45) is 5.73 Å². The summed E-state index contributed by atoms with van der Waals surface area (Å²) >= 11 is 0. The van der Waals surface area contributed by atoms with Crippen molar-refractivity contribution in [3.05, 3.63) is 54.1 Å². The zero-order valence-corrected chi connectivity index (χ0v) is 12.1. The van der Waals surface area contributed by atoms with Gasteiger partial charge in [0.2, 0.25) is 0 Å². The standard InChI is InChI=1S/C16H17N3O3/c1-2-22-14-10-6-5-9-13(14)19-16(21)18-12-8-4-3-7-11(12)15(17)20/h3-10H,2H2,1H3,(H2,17,20)(H2,18,19,21). The lowest BCUT2D eigenvalue weighted by molar-refractivity contribution is 0.100. The van der Waals surface area contributed by atoms with Crippen LogP contribution in [0.4, 0.5) is 16.2 Å². The van der Waals surface area contributed by atoms with E-state index < -0.39 is 11.9 Å². The van der Waals surface area contributed by atoms with E-state index in [1.54, 1.807) is 42.5 Å². The Labute approximate surface area is 128 Å². The molecule has 3 amide bonds. The van der Waals surface area contributed by atoms with Gasteiger partial charge in [0, 0.05) is 0 Å². The zero-order chi connectivity index (χ0) is 15.9. The Morgan fingerprint density at radius 1 is 1.00 bits per heavy atom. The highest BCUT2D eigenvalue weighted by atomic mass is 16.5. The lowest BCUT2D eigenvalue weighted by Gasteiger charge is -2.13. The maximum Gasteiger partial charge on any atom is 0.323 e. The fourth-order valence-electron chi connectivity index (χ4n) is 1.93. The lowest BCUT2D eigenvalue weighted by atomic mass is 10.1. The summed E-state index contributed by atoms with van der Waals surface area (Å²) in [6.07, 6.45) is 0. The van der Waals surface area contributed by atoms with Gasteiger partial charge in [-0.3, -0.25) is 4.79 Å². The highest BCUT2D eigenvalue weighted by Gasteiger charge is 2.11. The van der Waals surface area contributed by atoms with Crippen molar-refractivity contribution in [2.75, 3.05) is 17.2 Å². The molecule has 0 fully saturated rings. The number of carbonyl (C=O) groups excluding carboxylic acids is 2. The van der Waals surface area contributed by atoms with Gasteiger partial charge in [-0.15, -0.1) is 0 Å². The number of ether oxygens (including phenoxy) is 1. The fourth-order valence-corrected chi connectivity index (χ4v) is 1.93. The number of benzene rings is 2. The number of hydrogen-bond donors (Lipinski definition) is 3. The SMILES string of the molecule is CCOc1ccccc1NC(=O)Nc1ccccc1C(N)=O. The van der Waals surface area contributed by atoms with Crippen molar-refractivity contribution in [2.45, 2.75) is 6.92 Å². The largest absolute Gasteiger partial charge is 0.492 e. The summed E-state index contributed by atoms with van der Waals surface area (Å²) in [7, 11) is 0. The monoisotopic (exact) mass is 299 g/mol. The molecule has 2 rings (SSSR count). The minimum Gasteiger partial charge on any atom is -0.492 e. The molecular formula is C16H17N3O3. The smallest absolute Gasteiger partial charge is 0.323 e. The number of nitrogens with two attached hydrogens (primary N) is 1. The summed E-state index contributed by atoms with van der Waals surface area (Å²) < 4.78 is 5.43. The number of anilines is 2. The third-order valence-corrected chi connectivity index (χ3v) is 2.88. The number of nitrogens with one attached hydrogen (secondary N) is 2. The Balaban J connectivity index is 2.13. The number of primary amides is 1. The summed E-state index contributed by atoms with van der Waals surface area (Å²) in [5, 5.41) is 5.29. The van der Waals surface area contributed by atoms with E-state index in [-0.39, 0.29) is 5.56 Å². The highest BCUT2D eigenvalue weighted by Crippen LogP contribution is 2.24. The molecule has 114 valence electrons. The number of rotatable bonds is 5. The maximum absolute atomic E-state index is 12.1. The van der Waals surface area contributed by atoms with Gasteiger partial charge in [-0.1, -0.05) is 24.3 Å². The number of urea groups is 1. The van der Waals surface area contributed by atoms with E-state index in [2.05, 4.69) is 10.6 Å². The van der Waals surface area contributed by atoms with Gasteiger partial charge in [-0.05, 0) is 31.2 Å². The van der Waals surface area contributed by atoms with E-state index in [0.717, 1.165) is 0 Å². The Kier molecular flexibility index (Phi) is 4.98. The van der Waals surface area contributed by atoms with Crippen LogP contribution in [0.15, 0.2) is 48.5 Å². The van der Waals surface area contributed by atoms with Crippen molar-refractivity contribution < 1.29 is 14.3 Å². The average Bonchev–Trinajstić information content (AvgIpc) is 2.50. The Morgan fingerprint density at radius 2 is 1.59 bits per heavy atom. The van der Waals surface area contributed by atoms with Crippen LogP contribution in [0.5, 0.6) is 5.75 Å². The quantitative estimate of drug-likeness (QED) is 0.792. The van der Waals surface area contributed by atoms with Crippen LogP contribution in [-0.4, -0.2) is 18.5 Å². The van der Waals surface area contributed by atoms with Gasteiger partial charge >= 0.3 is 6.03 Å². The first kappa shape index (κ1) is 15.4. The van der Waals surface area contributed by atoms with Crippen LogP contribution in [0, 0.1) is 0 Å². The third kappa shape index (κ3) is 3.76. The van der Waals surface area contributed by atoms with Crippen LogP contribution in [0.3, 0.4) is 0 Å². The molecule has 0 atom stereocenters. The molecule has 0 bridgehead atoms. The molecule has 0 saturated heterocycles. The second kappa shape index (κ2) is 7.12. The molecule has 4 N–H and O–H groups in total. The third-order valence-electron chi connectivity index (χ3n) is 2.88. The molecule has 6 nitrogen and oxygen atoms in total. The van der Waals surface area contributed by atoms with Gasteiger partial charge in [0.1, 0.15) is 5.75 Å². The molecule has 2 aromatic rings.